The summed E-state index contributed by atoms with van der Waals surface area (Å²) in [6.07, 6.45) is 2.01. The predicted octanol–water partition coefficient (Wildman–Crippen LogP) is 8.76. The molecule has 156 valence electrons. The molecule has 0 spiro atoms. The van der Waals surface area contributed by atoms with Gasteiger partial charge in [0.2, 0.25) is 0 Å². The van der Waals surface area contributed by atoms with Crippen molar-refractivity contribution in [1.82, 2.24) is 4.98 Å². The normalized spacial score (nSPS) is 11.8. The lowest BCUT2D eigenvalue weighted by atomic mass is 9.93. The summed E-state index contributed by atoms with van der Waals surface area (Å²) in [5, 5.41) is 3.58. The summed E-state index contributed by atoms with van der Waals surface area (Å²) in [5.74, 6) is 0. The molecule has 3 heteroatoms. The maximum absolute atomic E-state index is 6.41. The number of furan rings is 1. The van der Waals surface area contributed by atoms with Crippen LogP contribution >= 0.6 is 11.3 Å². The van der Waals surface area contributed by atoms with Gasteiger partial charge in [-0.3, -0.25) is 4.98 Å². The highest BCUT2D eigenvalue weighted by molar-refractivity contribution is 7.19. The molecule has 0 saturated heterocycles. The number of benzene rings is 3. The highest BCUT2D eigenvalue weighted by atomic mass is 32.1. The zero-order valence-electron chi connectivity index (χ0n) is 18.6. The van der Waals surface area contributed by atoms with E-state index in [1.165, 1.54) is 42.8 Å². The number of nitrogens with zero attached hydrogens (tertiary/aromatic N) is 1. The third-order valence-electron chi connectivity index (χ3n) is 6.40. The van der Waals surface area contributed by atoms with Crippen molar-refractivity contribution in [3.05, 3.63) is 88.4 Å². The topological polar surface area (TPSA) is 26.0 Å². The van der Waals surface area contributed by atoms with Crippen LogP contribution in [0, 0.1) is 27.7 Å². The van der Waals surface area contributed by atoms with E-state index >= 15 is 0 Å². The standard InChI is InChI=1S/C29H23NOS/c1-16-7-5-8-17(2)28(16)24-15-30-25(11-18(24)3)22-10-6-9-21-23-13-20-12-19(4)32-27(20)14-26(23)31-29(21)22/h5-15H,1-4H3. The first-order valence-corrected chi connectivity index (χ1v) is 11.7. The van der Waals surface area contributed by atoms with E-state index < -0.39 is 0 Å². The monoisotopic (exact) mass is 433 g/mol. The fourth-order valence-corrected chi connectivity index (χ4v) is 5.81. The molecule has 0 N–H and O–H groups in total. The summed E-state index contributed by atoms with van der Waals surface area (Å²) < 4.78 is 7.68. The molecule has 0 atom stereocenters. The minimum absolute atomic E-state index is 0.906. The quantitative estimate of drug-likeness (QED) is 0.273. The highest BCUT2D eigenvalue weighted by Gasteiger charge is 2.16. The van der Waals surface area contributed by atoms with Crippen LogP contribution in [0.1, 0.15) is 21.6 Å². The van der Waals surface area contributed by atoms with E-state index in [2.05, 4.69) is 88.4 Å². The Labute approximate surface area is 191 Å². The van der Waals surface area contributed by atoms with Crippen LogP contribution in [0.3, 0.4) is 0 Å². The van der Waals surface area contributed by atoms with Crippen LogP contribution < -0.4 is 0 Å². The van der Waals surface area contributed by atoms with E-state index in [9.17, 15) is 0 Å². The average molecular weight is 434 g/mol. The van der Waals surface area contributed by atoms with Crippen LogP contribution in [0.4, 0.5) is 0 Å². The van der Waals surface area contributed by atoms with Gasteiger partial charge in [-0.2, -0.15) is 0 Å². The number of pyridine rings is 1. The molecular weight excluding hydrogens is 410 g/mol. The molecule has 3 aromatic carbocycles. The molecule has 0 aliphatic heterocycles. The van der Waals surface area contributed by atoms with Gasteiger partial charge in [-0.15, -0.1) is 11.3 Å². The lowest BCUT2D eigenvalue weighted by molar-refractivity contribution is 0.670. The Morgan fingerprint density at radius 3 is 2.31 bits per heavy atom. The van der Waals surface area contributed by atoms with Gasteiger partial charge in [0.15, 0.2) is 0 Å². The second-order valence-electron chi connectivity index (χ2n) is 8.68. The number of rotatable bonds is 2. The van der Waals surface area contributed by atoms with Gasteiger partial charge < -0.3 is 4.42 Å². The van der Waals surface area contributed by atoms with Crippen molar-refractivity contribution >= 4 is 43.4 Å². The van der Waals surface area contributed by atoms with E-state index in [0.717, 1.165) is 33.2 Å². The number of aromatic nitrogens is 1. The lowest BCUT2D eigenvalue weighted by Gasteiger charge is -2.13. The van der Waals surface area contributed by atoms with Gasteiger partial charge in [0.1, 0.15) is 11.2 Å². The van der Waals surface area contributed by atoms with Crippen molar-refractivity contribution in [2.45, 2.75) is 27.7 Å². The Kier molecular flexibility index (Phi) is 4.24. The maximum Gasteiger partial charge on any atom is 0.144 e. The SMILES string of the molecule is Cc1cc2cc3c(cc2s1)oc1c(-c2cc(C)c(-c4c(C)cccc4C)cn2)cccc13. The van der Waals surface area contributed by atoms with Gasteiger partial charge in [0, 0.05) is 37.7 Å². The Balaban J connectivity index is 1.54. The number of thiophene rings is 1. The summed E-state index contributed by atoms with van der Waals surface area (Å²) in [6.45, 7) is 8.65. The third kappa shape index (κ3) is 2.89. The molecule has 3 heterocycles. The van der Waals surface area contributed by atoms with Crippen LogP contribution in [-0.4, -0.2) is 4.98 Å². The van der Waals surface area contributed by atoms with Crippen molar-refractivity contribution in [3.63, 3.8) is 0 Å². The van der Waals surface area contributed by atoms with E-state index in [1.54, 1.807) is 0 Å². The lowest BCUT2D eigenvalue weighted by Crippen LogP contribution is -1.94. The number of fused-ring (bicyclic) bond motifs is 4. The van der Waals surface area contributed by atoms with Gasteiger partial charge in [-0.05, 0) is 85.7 Å². The molecule has 0 fully saturated rings. The molecule has 0 aliphatic rings. The predicted molar refractivity (Wildman–Crippen MR) is 137 cm³/mol. The molecule has 0 amide bonds. The third-order valence-corrected chi connectivity index (χ3v) is 7.41. The van der Waals surface area contributed by atoms with Gasteiger partial charge in [-0.1, -0.05) is 30.3 Å². The van der Waals surface area contributed by atoms with Crippen molar-refractivity contribution in [2.75, 3.05) is 0 Å². The second kappa shape index (κ2) is 7.04. The Morgan fingerprint density at radius 2 is 1.53 bits per heavy atom. The van der Waals surface area contributed by atoms with Gasteiger partial charge in [-0.25, -0.2) is 0 Å². The fourth-order valence-electron chi connectivity index (χ4n) is 4.87. The first-order chi connectivity index (χ1) is 15.5. The zero-order valence-corrected chi connectivity index (χ0v) is 19.4. The molecule has 0 aliphatic carbocycles. The smallest absolute Gasteiger partial charge is 0.144 e. The van der Waals surface area contributed by atoms with Crippen LogP contribution in [0.15, 0.2) is 71.3 Å². The van der Waals surface area contributed by atoms with E-state index in [4.69, 9.17) is 9.40 Å². The second-order valence-corrected chi connectivity index (χ2v) is 9.97. The van der Waals surface area contributed by atoms with Crippen LogP contribution in [0.25, 0.3) is 54.4 Å². The molecule has 6 aromatic rings. The Hall–Kier alpha value is -3.43. The molecule has 0 unspecified atom stereocenters. The largest absolute Gasteiger partial charge is 0.455 e. The van der Waals surface area contributed by atoms with Crippen molar-refractivity contribution < 1.29 is 4.42 Å². The van der Waals surface area contributed by atoms with Gasteiger partial charge in [0.25, 0.3) is 0 Å². The van der Waals surface area contributed by atoms with Crippen molar-refractivity contribution in [1.29, 1.82) is 0 Å². The zero-order chi connectivity index (χ0) is 22.0. The van der Waals surface area contributed by atoms with Gasteiger partial charge >= 0.3 is 0 Å². The summed E-state index contributed by atoms with van der Waals surface area (Å²) in [5.41, 5.74) is 10.1. The first-order valence-electron chi connectivity index (χ1n) is 10.9. The molecule has 6 rings (SSSR count). The van der Waals surface area contributed by atoms with Gasteiger partial charge in [0.05, 0.1) is 5.69 Å². The molecule has 32 heavy (non-hydrogen) atoms. The Morgan fingerprint density at radius 1 is 0.750 bits per heavy atom. The molecule has 0 bridgehead atoms. The summed E-state index contributed by atoms with van der Waals surface area (Å²) >= 11 is 1.81. The number of hydrogen-bond donors (Lipinski definition) is 0. The number of hydrogen-bond acceptors (Lipinski definition) is 3. The fraction of sp³-hybridized carbons (Fsp3) is 0.138. The average Bonchev–Trinajstić information content (AvgIpc) is 3.31. The maximum atomic E-state index is 6.41. The van der Waals surface area contributed by atoms with E-state index in [0.29, 0.717) is 0 Å². The first kappa shape index (κ1) is 19.3. The van der Waals surface area contributed by atoms with Crippen LogP contribution in [0.5, 0.6) is 0 Å². The minimum Gasteiger partial charge on any atom is -0.455 e. The highest BCUT2D eigenvalue weighted by Crippen LogP contribution is 2.39. The molecular formula is C29H23NOS. The number of para-hydroxylation sites is 1. The summed E-state index contributed by atoms with van der Waals surface area (Å²) in [4.78, 5) is 6.21. The van der Waals surface area contributed by atoms with Crippen LogP contribution in [0.2, 0.25) is 0 Å². The summed E-state index contributed by atoms with van der Waals surface area (Å²) in [7, 11) is 0. The number of aryl methyl sites for hydroxylation is 4. The molecule has 0 radical (unpaired) electrons. The van der Waals surface area contributed by atoms with Crippen molar-refractivity contribution in [2.24, 2.45) is 0 Å². The van der Waals surface area contributed by atoms with Crippen LogP contribution in [-0.2, 0) is 0 Å². The molecule has 3 aromatic heterocycles. The molecule has 2 nitrogen and oxygen atoms in total. The van der Waals surface area contributed by atoms with Crippen molar-refractivity contribution in [3.8, 4) is 22.4 Å². The van der Waals surface area contributed by atoms with E-state index in [1.807, 2.05) is 17.5 Å². The Bertz CT molecular complexity index is 1650. The minimum atomic E-state index is 0.906. The summed E-state index contributed by atoms with van der Waals surface area (Å²) in [6, 6.07) is 21.7. The molecule has 0 saturated carbocycles. The van der Waals surface area contributed by atoms with E-state index in [-0.39, 0.29) is 0 Å².